The summed E-state index contributed by atoms with van der Waals surface area (Å²) in [5.41, 5.74) is 6.42. The Morgan fingerprint density at radius 3 is 2.86 bits per heavy atom. The highest BCUT2D eigenvalue weighted by atomic mass is 16.5. The Kier molecular flexibility index (Phi) is 3.76. The van der Waals surface area contributed by atoms with Crippen LogP contribution < -0.4 is 11.1 Å². The van der Waals surface area contributed by atoms with Crippen molar-refractivity contribution in [3.8, 4) is 0 Å². The molecular formula is C9H18N4O. The average molecular weight is 198 g/mol. The second-order valence-electron chi connectivity index (χ2n) is 3.31. The zero-order chi connectivity index (χ0) is 10.6. The molecule has 0 aliphatic heterocycles. The molecule has 1 aromatic heterocycles. The number of aromatic nitrogens is 2. The number of methoxy groups -OCH3 is 1. The van der Waals surface area contributed by atoms with Crippen molar-refractivity contribution in [3.05, 3.63) is 6.20 Å². The average Bonchev–Trinajstić information content (AvgIpc) is 2.44. The van der Waals surface area contributed by atoms with Crippen LogP contribution >= 0.6 is 0 Å². The van der Waals surface area contributed by atoms with Crippen molar-refractivity contribution in [1.29, 1.82) is 0 Å². The highest BCUT2D eigenvalue weighted by Gasteiger charge is 2.09. The molecule has 3 N–H and O–H groups in total. The van der Waals surface area contributed by atoms with Gasteiger partial charge in [-0.1, -0.05) is 6.92 Å². The lowest BCUT2D eigenvalue weighted by molar-refractivity contribution is 0.184. The number of nitrogens with one attached hydrogen (secondary N) is 1. The Morgan fingerprint density at radius 1 is 1.71 bits per heavy atom. The number of nitrogens with two attached hydrogens (primary N) is 1. The van der Waals surface area contributed by atoms with E-state index in [4.69, 9.17) is 10.5 Å². The number of aryl methyl sites for hydroxylation is 1. The van der Waals surface area contributed by atoms with Crippen LogP contribution in [-0.4, -0.2) is 29.5 Å². The van der Waals surface area contributed by atoms with Gasteiger partial charge in [0.25, 0.3) is 0 Å². The van der Waals surface area contributed by atoms with Crippen LogP contribution in [0.1, 0.15) is 13.3 Å². The molecule has 0 radical (unpaired) electrons. The van der Waals surface area contributed by atoms with E-state index in [1.165, 1.54) is 0 Å². The molecule has 0 aliphatic carbocycles. The SMILES string of the molecule is CCC(COC)Nc1nn(C)cc1N. The molecule has 5 heteroatoms. The standard InChI is InChI=1S/C9H18N4O/c1-4-7(6-14-3)11-9-8(10)5-13(2)12-9/h5,7H,4,6,10H2,1-3H3,(H,11,12). The molecule has 0 amide bonds. The number of hydrogen-bond acceptors (Lipinski definition) is 4. The number of hydrogen-bond donors (Lipinski definition) is 2. The van der Waals surface area contributed by atoms with E-state index in [0.29, 0.717) is 12.3 Å². The van der Waals surface area contributed by atoms with E-state index in [1.54, 1.807) is 18.0 Å². The Labute approximate surface area is 84.2 Å². The maximum atomic E-state index is 5.75. The van der Waals surface area contributed by atoms with Crippen molar-refractivity contribution in [2.75, 3.05) is 24.8 Å². The summed E-state index contributed by atoms with van der Waals surface area (Å²) in [6.07, 6.45) is 2.76. The third kappa shape index (κ3) is 2.63. The van der Waals surface area contributed by atoms with Gasteiger partial charge < -0.3 is 15.8 Å². The molecule has 0 aromatic carbocycles. The van der Waals surface area contributed by atoms with Gasteiger partial charge in [0.2, 0.25) is 0 Å². The van der Waals surface area contributed by atoms with Gasteiger partial charge in [0.15, 0.2) is 5.82 Å². The quantitative estimate of drug-likeness (QED) is 0.735. The molecule has 14 heavy (non-hydrogen) atoms. The Bertz CT molecular complexity index is 284. The molecule has 0 aliphatic rings. The summed E-state index contributed by atoms with van der Waals surface area (Å²) in [6.45, 7) is 2.75. The second-order valence-corrected chi connectivity index (χ2v) is 3.31. The molecule has 0 saturated heterocycles. The lowest BCUT2D eigenvalue weighted by Gasteiger charge is -2.15. The third-order valence-electron chi connectivity index (χ3n) is 2.06. The van der Waals surface area contributed by atoms with Crippen LogP contribution in [0.5, 0.6) is 0 Å². The lowest BCUT2D eigenvalue weighted by atomic mass is 10.2. The zero-order valence-corrected chi connectivity index (χ0v) is 8.95. The summed E-state index contributed by atoms with van der Waals surface area (Å²) in [4.78, 5) is 0. The minimum absolute atomic E-state index is 0.261. The van der Waals surface area contributed by atoms with Gasteiger partial charge in [0, 0.05) is 20.4 Å². The Balaban J connectivity index is 2.61. The molecule has 0 fully saturated rings. The molecule has 1 aromatic rings. The molecule has 80 valence electrons. The predicted octanol–water partition coefficient (Wildman–Crippen LogP) is 0.839. The maximum Gasteiger partial charge on any atom is 0.171 e. The van der Waals surface area contributed by atoms with Crippen LogP contribution in [-0.2, 0) is 11.8 Å². The van der Waals surface area contributed by atoms with Crippen molar-refractivity contribution in [2.24, 2.45) is 7.05 Å². The lowest BCUT2D eigenvalue weighted by Crippen LogP contribution is -2.24. The van der Waals surface area contributed by atoms with Gasteiger partial charge in [0.1, 0.15) is 0 Å². The van der Waals surface area contributed by atoms with Crippen molar-refractivity contribution in [1.82, 2.24) is 9.78 Å². The van der Waals surface area contributed by atoms with Crippen molar-refractivity contribution in [2.45, 2.75) is 19.4 Å². The molecule has 1 unspecified atom stereocenters. The normalized spacial score (nSPS) is 12.8. The van der Waals surface area contributed by atoms with Crippen LogP contribution in [0.2, 0.25) is 0 Å². The highest BCUT2D eigenvalue weighted by Crippen LogP contribution is 2.16. The van der Waals surface area contributed by atoms with Crippen LogP contribution in [0.15, 0.2) is 6.20 Å². The van der Waals surface area contributed by atoms with E-state index in [0.717, 1.165) is 12.2 Å². The number of rotatable bonds is 5. The monoisotopic (exact) mass is 198 g/mol. The minimum atomic E-state index is 0.261. The van der Waals surface area contributed by atoms with Crippen molar-refractivity contribution >= 4 is 11.5 Å². The first-order valence-corrected chi connectivity index (χ1v) is 4.72. The topological polar surface area (TPSA) is 65.1 Å². The van der Waals surface area contributed by atoms with E-state index in [-0.39, 0.29) is 6.04 Å². The third-order valence-corrected chi connectivity index (χ3v) is 2.06. The highest BCUT2D eigenvalue weighted by molar-refractivity contribution is 5.60. The van der Waals surface area contributed by atoms with E-state index in [1.807, 2.05) is 7.05 Å². The van der Waals surface area contributed by atoms with Crippen LogP contribution in [0.4, 0.5) is 11.5 Å². The van der Waals surface area contributed by atoms with Crippen molar-refractivity contribution < 1.29 is 4.74 Å². The van der Waals surface area contributed by atoms with Gasteiger partial charge in [-0.3, -0.25) is 4.68 Å². The largest absolute Gasteiger partial charge is 0.394 e. The molecule has 0 saturated carbocycles. The first kappa shape index (κ1) is 10.8. The van der Waals surface area contributed by atoms with Gasteiger partial charge in [-0.25, -0.2) is 0 Å². The van der Waals surface area contributed by atoms with Gasteiger partial charge in [-0.2, -0.15) is 5.10 Å². The van der Waals surface area contributed by atoms with Crippen LogP contribution in [0.3, 0.4) is 0 Å². The van der Waals surface area contributed by atoms with E-state index in [2.05, 4.69) is 17.3 Å². The molecule has 1 heterocycles. The molecule has 1 rings (SSSR count). The zero-order valence-electron chi connectivity index (χ0n) is 8.95. The fourth-order valence-corrected chi connectivity index (χ4v) is 1.28. The van der Waals surface area contributed by atoms with Crippen molar-refractivity contribution in [3.63, 3.8) is 0 Å². The maximum absolute atomic E-state index is 5.75. The molecule has 1 atom stereocenters. The Hall–Kier alpha value is -1.23. The van der Waals surface area contributed by atoms with Gasteiger partial charge in [-0.15, -0.1) is 0 Å². The summed E-state index contributed by atoms with van der Waals surface area (Å²) < 4.78 is 6.77. The fourth-order valence-electron chi connectivity index (χ4n) is 1.28. The predicted molar refractivity (Wildman–Crippen MR) is 57.2 cm³/mol. The smallest absolute Gasteiger partial charge is 0.171 e. The molecule has 0 spiro atoms. The van der Waals surface area contributed by atoms with E-state index in [9.17, 15) is 0 Å². The van der Waals surface area contributed by atoms with E-state index >= 15 is 0 Å². The summed E-state index contributed by atoms with van der Waals surface area (Å²) in [5.74, 6) is 0.733. The summed E-state index contributed by atoms with van der Waals surface area (Å²) in [5, 5.41) is 7.44. The summed E-state index contributed by atoms with van der Waals surface area (Å²) >= 11 is 0. The molecule has 5 nitrogen and oxygen atoms in total. The second kappa shape index (κ2) is 4.85. The summed E-state index contributed by atoms with van der Waals surface area (Å²) in [6, 6.07) is 0.261. The minimum Gasteiger partial charge on any atom is -0.394 e. The first-order chi connectivity index (χ1) is 6.67. The molecular weight excluding hydrogens is 180 g/mol. The number of nitrogen functional groups attached to an aromatic ring is 1. The van der Waals surface area contributed by atoms with Crippen LogP contribution in [0.25, 0.3) is 0 Å². The Morgan fingerprint density at radius 2 is 2.43 bits per heavy atom. The van der Waals surface area contributed by atoms with Crippen LogP contribution in [0, 0.1) is 0 Å². The van der Waals surface area contributed by atoms with Gasteiger partial charge >= 0.3 is 0 Å². The number of ether oxygens (including phenoxy) is 1. The first-order valence-electron chi connectivity index (χ1n) is 4.72. The number of nitrogens with zero attached hydrogens (tertiary/aromatic N) is 2. The fraction of sp³-hybridized carbons (Fsp3) is 0.667. The van der Waals surface area contributed by atoms with Gasteiger partial charge in [0.05, 0.1) is 18.3 Å². The number of anilines is 2. The molecule has 0 bridgehead atoms. The van der Waals surface area contributed by atoms with E-state index < -0.39 is 0 Å². The summed E-state index contributed by atoms with van der Waals surface area (Å²) in [7, 11) is 3.53. The van der Waals surface area contributed by atoms with Gasteiger partial charge in [-0.05, 0) is 6.42 Å².